The zero-order valence-corrected chi connectivity index (χ0v) is 14.4. The number of para-hydroxylation sites is 1. The van der Waals surface area contributed by atoms with Crippen LogP contribution in [0.1, 0.15) is 32.4 Å². The summed E-state index contributed by atoms with van der Waals surface area (Å²) in [5.41, 5.74) is 0.598. The number of carbonyl (C=O) groups is 2. The van der Waals surface area contributed by atoms with Gasteiger partial charge in [0.25, 0.3) is 0 Å². The zero-order chi connectivity index (χ0) is 18.4. The average Bonchev–Trinajstić information content (AvgIpc) is 2.56. The van der Waals surface area contributed by atoms with Crippen molar-refractivity contribution < 1.29 is 18.7 Å². The lowest BCUT2D eigenvalue weighted by Crippen LogP contribution is -2.44. The van der Waals surface area contributed by atoms with Crippen molar-refractivity contribution >= 4 is 11.8 Å². The first-order valence-electron chi connectivity index (χ1n) is 7.96. The minimum atomic E-state index is -0.662. The van der Waals surface area contributed by atoms with Crippen LogP contribution in [0.5, 0.6) is 11.5 Å². The molecule has 0 radical (unpaired) electrons. The molecule has 25 heavy (non-hydrogen) atoms. The van der Waals surface area contributed by atoms with Crippen LogP contribution in [0, 0.1) is 5.82 Å². The number of carbonyl (C=O) groups excluding carboxylic acids is 2. The Morgan fingerprint density at radius 2 is 1.72 bits per heavy atom. The number of nitrogens with one attached hydrogen (secondary N) is 2. The molecule has 2 amide bonds. The average molecular weight is 344 g/mol. The van der Waals surface area contributed by atoms with Crippen LogP contribution in [0.4, 0.5) is 4.39 Å². The molecule has 0 aliphatic rings. The van der Waals surface area contributed by atoms with Crippen LogP contribution < -0.4 is 15.4 Å². The lowest BCUT2D eigenvalue weighted by Gasteiger charge is -2.19. The van der Waals surface area contributed by atoms with E-state index in [1.165, 1.54) is 19.1 Å². The molecule has 0 heterocycles. The van der Waals surface area contributed by atoms with E-state index in [-0.39, 0.29) is 17.6 Å². The third-order valence-corrected chi connectivity index (χ3v) is 3.60. The predicted octanol–water partition coefficient (Wildman–Crippen LogP) is 3.32. The van der Waals surface area contributed by atoms with Crippen molar-refractivity contribution in [2.24, 2.45) is 0 Å². The molecule has 2 aromatic rings. The number of amides is 2. The second-order valence-corrected chi connectivity index (χ2v) is 5.76. The molecule has 2 aromatic carbocycles. The van der Waals surface area contributed by atoms with Gasteiger partial charge in [-0.15, -0.1) is 0 Å². The summed E-state index contributed by atoms with van der Waals surface area (Å²) in [5.74, 6) is -0.492. The van der Waals surface area contributed by atoms with E-state index in [1.54, 1.807) is 44.2 Å². The van der Waals surface area contributed by atoms with Gasteiger partial charge in [0.2, 0.25) is 11.8 Å². The summed E-state index contributed by atoms with van der Waals surface area (Å²) < 4.78 is 19.8. The van der Waals surface area contributed by atoms with Crippen molar-refractivity contribution in [1.29, 1.82) is 0 Å². The van der Waals surface area contributed by atoms with Gasteiger partial charge in [0, 0.05) is 6.92 Å². The number of hydrogen-bond acceptors (Lipinski definition) is 3. The largest absolute Gasteiger partial charge is 0.454 e. The smallest absolute Gasteiger partial charge is 0.242 e. The molecule has 0 aromatic heterocycles. The lowest BCUT2D eigenvalue weighted by molar-refractivity contribution is -0.128. The normalized spacial score (nSPS) is 12.8. The van der Waals surface area contributed by atoms with Crippen molar-refractivity contribution in [1.82, 2.24) is 10.6 Å². The highest BCUT2D eigenvalue weighted by Gasteiger charge is 2.18. The van der Waals surface area contributed by atoms with Crippen LogP contribution in [0.15, 0.2) is 48.5 Å². The van der Waals surface area contributed by atoms with Crippen molar-refractivity contribution in [3.8, 4) is 11.5 Å². The van der Waals surface area contributed by atoms with Crippen LogP contribution in [0.3, 0.4) is 0 Å². The molecule has 0 saturated heterocycles. The highest BCUT2D eigenvalue weighted by atomic mass is 19.1. The topological polar surface area (TPSA) is 67.4 Å². The standard InChI is InChI=1S/C19H21FN2O3/c1-12(22-19(24)13(2)21-14(3)23)15-9-10-18(17(20)11-15)25-16-7-5-4-6-8-16/h4-13H,1-3H3,(H,21,23)(H,22,24). The van der Waals surface area contributed by atoms with E-state index in [2.05, 4.69) is 10.6 Å². The van der Waals surface area contributed by atoms with Crippen LogP contribution >= 0.6 is 0 Å². The van der Waals surface area contributed by atoms with Crippen LogP contribution in [0.25, 0.3) is 0 Å². The molecule has 2 atom stereocenters. The molecule has 5 nitrogen and oxygen atoms in total. The molecule has 0 spiro atoms. The molecule has 132 valence electrons. The Hall–Kier alpha value is -2.89. The molecular weight excluding hydrogens is 323 g/mol. The van der Waals surface area contributed by atoms with Crippen LogP contribution in [-0.4, -0.2) is 17.9 Å². The van der Waals surface area contributed by atoms with Gasteiger partial charge in [0.1, 0.15) is 11.8 Å². The summed E-state index contributed by atoms with van der Waals surface area (Å²) in [6.45, 7) is 4.67. The summed E-state index contributed by atoms with van der Waals surface area (Å²) in [5, 5.41) is 5.24. The quantitative estimate of drug-likeness (QED) is 0.845. The Morgan fingerprint density at radius 3 is 2.32 bits per heavy atom. The predicted molar refractivity (Wildman–Crippen MR) is 92.8 cm³/mol. The second kappa shape index (κ2) is 8.28. The molecule has 6 heteroatoms. The van der Waals surface area contributed by atoms with Crippen molar-refractivity contribution in [2.45, 2.75) is 32.9 Å². The van der Waals surface area contributed by atoms with Gasteiger partial charge in [0.15, 0.2) is 11.6 Å². The first-order valence-corrected chi connectivity index (χ1v) is 7.96. The van der Waals surface area contributed by atoms with Crippen molar-refractivity contribution in [2.75, 3.05) is 0 Å². The van der Waals surface area contributed by atoms with E-state index in [0.29, 0.717) is 11.3 Å². The fourth-order valence-corrected chi connectivity index (χ4v) is 2.28. The van der Waals surface area contributed by atoms with E-state index in [1.807, 2.05) is 6.07 Å². The minimum Gasteiger partial charge on any atom is -0.454 e. The number of hydrogen-bond donors (Lipinski definition) is 2. The highest BCUT2D eigenvalue weighted by molar-refractivity contribution is 5.86. The summed E-state index contributed by atoms with van der Waals surface area (Å²) in [4.78, 5) is 23.0. The van der Waals surface area contributed by atoms with Crippen LogP contribution in [-0.2, 0) is 9.59 Å². The van der Waals surface area contributed by atoms with Gasteiger partial charge in [0.05, 0.1) is 6.04 Å². The summed E-state index contributed by atoms with van der Waals surface area (Å²) >= 11 is 0. The van der Waals surface area contributed by atoms with Crippen LogP contribution in [0.2, 0.25) is 0 Å². The molecular formula is C19H21FN2O3. The molecule has 2 N–H and O–H groups in total. The van der Waals surface area contributed by atoms with Gasteiger partial charge < -0.3 is 15.4 Å². The number of benzene rings is 2. The number of rotatable bonds is 6. The Labute approximate surface area is 146 Å². The van der Waals surface area contributed by atoms with Gasteiger partial charge in [-0.25, -0.2) is 4.39 Å². The monoisotopic (exact) mass is 344 g/mol. The second-order valence-electron chi connectivity index (χ2n) is 5.76. The Kier molecular flexibility index (Phi) is 6.11. The molecule has 0 bridgehead atoms. The number of halogens is 1. The van der Waals surface area contributed by atoms with Gasteiger partial charge >= 0.3 is 0 Å². The highest BCUT2D eigenvalue weighted by Crippen LogP contribution is 2.26. The molecule has 0 aliphatic carbocycles. The van der Waals surface area contributed by atoms with Gasteiger partial charge in [-0.05, 0) is 43.7 Å². The third kappa shape index (κ3) is 5.31. The summed E-state index contributed by atoms with van der Waals surface area (Å²) in [6, 6.07) is 12.4. The van der Waals surface area contributed by atoms with E-state index in [9.17, 15) is 14.0 Å². The van der Waals surface area contributed by atoms with Crippen molar-refractivity contribution in [3.63, 3.8) is 0 Å². The van der Waals surface area contributed by atoms with Crippen molar-refractivity contribution in [3.05, 3.63) is 59.9 Å². The van der Waals surface area contributed by atoms with E-state index in [4.69, 9.17) is 4.74 Å². The van der Waals surface area contributed by atoms with E-state index >= 15 is 0 Å². The zero-order valence-electron chi connectivity index (χ0n) is 14.4. The van der Waals surface area contributed by atoms with Gasteiger partial charge in [-0.3, -0.25) is 9.59 Å². The first kappa shape index (κ1) is 18.4. The molecule has 2 unspecified atom stereocenters. The maximum absolute atomic E-state index is 14.3. The fourth-order valence-electron chi connectivity index (χ4n) is 2.28. The molecule has 2 rings (SSSR count). The lowest BCUT2D eigenvalue weighted by atomic mass is 10.1. The number of ether oxygens (including phenoxy) is 1. The summed E-state index contributed by atoms with van der Waals surface area (Å²) in [6.07, 6.45) is 0. The summed E-state index contributed by atoms with van der Waals surface area (Å²) in [7, 11) is 0. The Bertz CT molecular complexity index is 750. The van der Waals surface area contributed by atoms with E-state index in [0.717, 1.165) is 0 Å². The minimum absolute atomic E-state index is 0.111. The first-order chi connectivity index (χ1) is 11.9. The van der Waals surface area contributed by atoms with E-state index < -0.39 is 17.9 Å². The van der Waals surface area contributed by atoms with Gasteiger partial charge in [-0.1, -0.05) is 24.3 Å². The van der Waals surface area contributed by atoms with Gasteiger partial charge in [-0.2, -0.15) is 0 Å². The maximum atomic E-state index is 14.3. The fraction of sp³-hybridized carbons (Fsp3) is 0.263. The molecule has 0 aliphatic heterocycles. The Morgan fingerprint density at radius 1 is 1.04 bits per heavy atom. The maximum Gasteiger partial charge on any atom is 0.242 e. The SMILES string of the molecule is CC(=O)NC(C)C(=O)NC(C)c1ccc(Oc2ccccc2)c(F)c1. The molecule has 0 fully saturated rings. The Balaban J connectivity index is 2.03. The third-order valence-electron chi connectivity index (χ3n) is 3.60. The molecule has 0 saturated carbocycles.